The Kier molecular flexibility index (Phi) is 3.16. The van der Waals surface area contributed by atoms with Crippen molar-refractivity contribution in [1.82, 2.24) is 4.98 Å². The lowest BCUT2D eigenvalue weighted by Crippen LogP contribution is -2.45. The van der Waals surface area contributed by atoms with Gasteiger partial charge in [0.25, 0.3) is 0 Å². The molecule has 4 bridgehead atoms. The summed E-state index contributed by atoms with van der Waals surface area (Å²) in [6.07, 6.45) is 1.73. The highest BCUT2D eigenvalue weighted by Crippen LogP contribution is 2.52. The first-order valence-electron chi connectivity index (χ1n) is 7.87. The molecule has 118 valence electrons. The second-order valence-corrected chi connectivity index (χ2v) is 6.86. The number of rotatable bonds is 2. The van der Waals surface area contributed by atoms with Crippen molar-refractivity contribution in [3.8, 4) is 0 Å². The number of hydrogen-bond acceptors (Lipinski definition) is 3. The number of halogens is 3. The molecule has 4 fully saturated rings. The first-order valence-corrected chi connectivity index (χ1v) is 7.87. The van der Waals surface area contributed by atoms with Gasteiger partial charge in [0.1, 0.15) is 11.5 Å². The third-order valence-electron chi connectivity index (χ3n) is 5.31. The fourth-order valence-electron chi connectivity index (χ4n) is 4.63. The second kappa shape index (κ2) is 4.96. The van der Waals surface area contributed by atoms with E-state index in [0.717, 1.165) is 23.6 Å². The van der Waals surface area contributed by atoms with Crippen LogP contribution in [0.2, 0.25) is 0 Å². The number of alkyl halides is 3. The first kappa shape index (κ1) is 14.0. The van der Waals surface area contributed by atoms with Crippen molar-refractivity contribution in [2.45, 2.75) is 38.3 Å². The van der Waals surface area contributed by atoms with Crippen LogP contribution in [0.3, 0.4) is 0 Å². The Labute approximate surface area is 127 Å². The van der Waals surface area contributed by atoms with Gasteiger partial charge in [-0.05, 0) is 67.9 Å². The van der Waals surface area contributed by atoms with Crippen LogP contribution >= 0.6 is 0 Å². The van der Waals surface area contributed by atoms with Crippen LogP contribution in [0.15, 0.2) is 23.3 Å². The summed E-state index contributed by atoms with van der Waals surface area (Å²) in [6, 6.07) is 3.85. The molecule has 3 nitrogen and oxygen atoms in total. The fourth-order valence-corrected chi connectivity index (χ4v) is 4.63. The summed E-state index contributed by atoms with van der Waals surface area (Å²) in [5, 5.41) is 4.45. The largest absolute Gasteiger partial charge is 0.433 e. The number of pyridine rings is 1. The van der Waals surface area contributed by atoms with E-state index in [1.165, 1.54) is 44.2 Å². The monoisotopic (exact) mass is 309 g/mol. The molecule has 1 aromatic rings. The molecule has 22 heavy (non-hydrogen) atoms. The maximum Gasteiger partial charge on any atom is 0.433 e. The highest BCUT2D eigenvalue weighted by Gasteiger charge is 2.46. The molecule has 6 heteroatoms. The highest BCUT2D eigenvalue weighted by molar-refractivity contribution is 5.91. The molecule has 1 N–H and O–H groups in total. The molecular formula is C16H18F3N3. The van der Waals surface area contributed by atoms with Gasteiger partial charge < -0.3 is 0 Å². The average Bonchev–Trinajstić information content (AvgIpc) is 2.45. The fraction of sp³-hybridized carbons (Fsp3) is 0.625. The van der Waals surface area contributed by atoms with Crippen molar-refractivity contribution in [2.24, 2.45) is 28.8 Å². The Bertz CT molecular complexity index is 579. The van der Waals surface area contributed by atoms with Gasteiger partial charge in [0.2, 0.25) is 0 Å². The van der Waals surface area contributed by atoms with E-state index in [-0.39, 0.29) is 5.82 Å². The third-order valence-corrected chi connectivity index (χ3v) is 5.31. The van der Waals surface area contributed by atoms with Gasteiger partial charge in [0, 0.05) is 5.71 Å². The summed E-state index contributed by atoms with van der Waals surface area (Å²) < 4.78 is 38.0. The predicted octanol–water partition coefficient (Wildman–Crippen LogP) is 4.32. The molecular weight excluding hydrogens is 291 g/mol. The van der Waals surface area contributed by atoms with E-state index in [4.69, 9.17) is 0 Å². The van der Waals surface area contributed by atoms with Crippen molar-refractivity contribution < 1.29 is 13.2 Å². The first-order chi connectivity index (χ1) is 10.5. The smallest absolute Gasteiger partial charge is 0.261 e. The summed E-state index contributed by atoms with van der Waals surface area (Å²) in [5.74, 6) is 2.89. The van der Waals surface area contributed by atoms with Crippen LogP contribution in [0.1, 0.15) is 37.8 Å². The molecule has 1 aromatic heterocycles. The lowest BCUT2D eigenvalue weighted by atomic mass is 9.55. The van der Waals surface area contributed by atoms with Crippen molar-refractivity contribution in [3.63, 3.8) is 0 Å². The van der Waals surface area contributed by atoms with Crippen molar-refractivity contribution in [1.29, 1.82) is 0 Å². The Morgan fingerprint density at radius 3 is 2.23 bits per heavy atom. The highest BCUT2D eigenvalue weighted by atomic mass is 19.4. The Balaban J connectivity index is 1.53. The van der Waals surface area contributed by atoms with Gasteiger partial charge in [-0.3, -0.25) is 5.43 Å². The summed E-state index contributed by atoms with van der Waals surface area (Å²) in [6.45, 7) is 0. The standard InChI is InChI=1S/C16H18F3N3/c17-16(18,19)13-2-1-3-14(20-13)21-22-15-11-5-9-4-10(7-11)8-12(15)6-9/h1-3,9-12H,4-8H2,(H,20,21). The number of anilines is 1. The normalized spacial score (nSPS) is 33.1. The van der Waals surface area contributed by atoms with Crippen LogP contribution in [0.5, 0.6) is 0 Å². The lowest BCUT2D eigenvalue weighted by molar-refractivity contribution is -0.141. The molecule has 4 aliphatic rings. The van der Waals surface area contributed by atoms with Crippen LogP contribution < -0.4 is 5.43 Å². The molecule has 0 atom stereocenters. The molecule has 0 unspecified atom stereocenters. The number of nitrogens with zero attached hydrogens (tertiary/aromatic N) is 2. The van der Waals surface area contributed by atoms with Gasteiger partial charge in [0.15, 0.2) is 0 Å². The molecule has 0 spiro atoms. The Morgan fingerprint density at radius 1 is 1.00 bits per heavy atom. The van der Waals surface area contributed by atoms with Gasteiger partial charge in [-0.1, -0.05) is 6.07 Å². The summed E-state index contributed by atoms with van der Waals surface area (Å²) in [4.78, 5) is 3.60. The van der Waals surface area contributed by atoms with Crippen molar-refractivity contribution in [3.05, 3.63) is 23.9 Å². The topological polar surface area (TPSA) is 37.3 Å². The van der Waals surface area contributed by atoms with E-state index in [1.807, 2.05) is 0 Å². The second-order valence-electron chi connectivity index (χ2n) is 6.86. The molecule has 0 aliphatic heterocycles. The van der Waals surface area contributed by atoms with Crippen LogP contribution in [0, 0.1) is 23.7 Å². The van der Waals surface area contributed by atoms with Crippen LogP contribution in [-0.2, 0) is 6.18 Å². The number of aromatic nitrogens is 1. The molecule has 5 rings (SSSR count). The average molecular weight is 309 g/mol. The zero-order chi connectivity index (χ0) is 15.3. The van der Waals surface area contributed by atoms with Crippen LogP contribution in [0.25, 0.3) is 0 Å². The Morgan fingerprint density at radius 2 is 1.64 bits per heavy atom. The predicted molar refractivity (Wildman–Crippen MR) is 77.3 cm³/mol. The van der Waals surface area contributed by atoms with E-state index < -0.39 is 11.9 Å². The van der Waals surface area contributed by atoms with Crippen molar-refractivity contribution >= 4 is 11.5 Å². The minimum atomic E-state index is -4.42. The molecule has 0 radical (unpaired) electrons. The van der Waals surface area contributed by atoms with Crippen LogP contribution in [0.4, 0.5) is 19.0 Å². The van der Waals surface area contributed by atoms with Gasteiger partial charge in [-0.25, -0.2) is 4.98 Å². The molecule has 0 aromatic carbocycles. The van der Waals surface area contributed by atoms with Gasteiger partial charge in [-0.2, -0.15) is 18.3 Å². The van der Waals surface area contributed by atoms with Gasteiger partial charge in [0.05, 0.1) is 0 Å². The molecule has 0 amide bonds. The third kappa shape index (κ3) is 2.48. The molecule has 4 saturated carbocycles. The minimum absolute atomic E-state index is 0.163. The number of nitrogens with one attached hydrogen (secondary N) is 1. The van der Waals surface area contributed by atoms with Crippen molar-refractivity contribution in [2.75, 3.05) is 5.43 Å². The van der Waals surface area contributed by atoms with Gasteiger partial charge in [-0.15, -0.1) is 0 Å². The number of hydrazone groups is 1. The number of hydrogen-bond donors (Lipinski definition) is 1. The van der Waals surface area contributed by atoms with E-state index in [9.17, 15) is 13.2 Å². The van der Waals surface area contributed by atoms with E-state index in [1.54, 1.807) is 0 Å². The summed E-state index contributed by atoms with van der Waals surface area (Å²) >= 11 is 0. The maximum absolute atomic E-state index is 12.7. The maximum atomic E-state index is 12.7. The van der Waals surface area contributed by atoms with Crippen LogP contribution in [-0.4, -0.2) is 10.7 Å². The van der Waals surface area contributed by atoms with E-state index >= 15 is 0 Å². The minimum Gasteiger partial charge on any atom is -0.261 e. The van der Waals surface area contributed by atoms with Gasteiger partial charge >= 0.3 is 6.18 Å². The SMILES string of the molecule is FC(F)(F)c1cccc(NN=C2C3CC4CC(C3)CC2C4)n1. The Hall–Kier alpha value is -1.59. The zero-order valence-corrected chi connectivity index (χ0v) is 12.1. The summed E-state index contributed by atoms with van der Waals surface area (Å²) in [7, 11) is 0. The van der Waals surface area contributed by atoms with E-state index in [0.29, 0.717) is 11.8 Å². The molecule has 1 heterocycles. The summed E-state index contributed by atoms with van der Waals surface area (Å²) in [5.41, 5.74) is 3.03. The molecule has 0 saturated heterocycles. The lowest BCUT2D eigenvalue weighted by Gasteiger charge is -2.50. The molecule has 4 aliphatic carbocycles. The quantitative estimate of drug-likeness (QED) is 0.826. The van der Waals surface area contributed by atoms with E-state index in [2.05, 4.69) is 15.5 Å². The zero-order valence-electron chi connectivity index (χ0n) is 12.1.